The molecule has 2 rings (SSSR count). The van der Waals surface area contributed by atoms with Crippen molar-refractivity contribution in [3.8, 4) is 0 Å². The summed E-state index contributed by atoms with van der Waals surface area (Å²) in [5, 5.41) is 9.37. The highest BCUT2D eigenvalue weighted by Gasteiger charge is 2.25. The molecule has 0 amide bonds. The molecule has 0 atom stereocenters. The molecule has 1 aliphatic rings. The molecule has 4 heteroatoms. The van der Waals surface area contributed by atoms with Crippen molar-refractivity contribution in [3.05, 3.63) is 23.4 Å². The van der Waals surface area contributed by atoms with E-state index in [9.17, 15) is 9.90 Å². The SMILES string of the molecule is CCN(c1cc(C(=O)O)cc(C(C)(C)C)n1)C1CCCC1. The predicted molar refractivity (Wildman–Crippen MR) is 85.2 cm³/mol. The zero-order valence-electron chi connectivity index (χ0n) is 13.5. The predicted octanol–water partition coefficient (Wildman–Crippen LogP) is 3.85. The van der Waals surface area contributed by atoms with Gasteiger partial charge in [0.05, 0.1) is 5.56 Å². The molecule has 0 aromatic carbocycles. The van der Waals surface area contributed by atoms with Gasteiger partial charge in [-0.3, -0.25) is 0 Å². The first kappa shape index (κ1) is 15.8. The van der Waals surface area contributed by atoms with Crippen molar-refractivity contribution in [2.24, 2.45) is 0 Å². The highest BCUT2D eigenvalue weighted by atomic mass is 16.4. The molecule has 0 bridgehead atoms. The maximum absolute atomic E-state index is 11.4. The molecular weight excluding hydrogens is 264 g/mol. The Morgan fingerprint density at radius 1 is 1.33 bits per heavy atom. The van der Waals surface area contributed by atoms with Crippen LogP contribution in [0.1, 0.15) is 69.4 Å². The first-order valence-corrected chi connectivity index (χ1v) is 7.85. The fraction of sp³-hybridized carbons (Fsp3) is 0.647. The third kappa shape index (κ3) is 3.55. The van der Waals surface area contributed by atoms with Gasteiger partial charge in [0.15, 0.2) is 0 Å². The Kier molecular flexibility index (Phi) is 4.55. The largest absolute Gasteiger partial charge is 0.478 e. The van der Waals surface area contributed by atoms with Gasteiger partial charge in [0.1, 0.15) is 5.82 Å². The van der Waals surface area contributed by atoms with Crippen LogP contribution in [0.4, 0.5) is 5.82 Å². The van der Waals surface area contributed by atoms with Crippen LogP contribution < -0.4 is 4.90 Å². The molecule has 0 aliphatic heterocycles. The Hall–Kier alpha value is -1.58. The molecule has 4 nitrogen and oxygen atoms in total. The summed E-state index contributed by atoms with van der Waals surface area (Å²) < 4.78 is 0. The summed E-state index contributed by atoms with van der Waals surface area (Å²) in [4.78, 5) is 18.5. The Bertz CT molecular complexity index is 514. The minimum Gasteiger partial charge on any atom is -0.478 e. The van der Waals surface area contributed by atoms with Crippen molar-refractivity contribution in [3.63, 3.8) is 0 Å². The van der Waals surface area contributed by atoms with Crippen molar-refractivity contribution in [2.75, 3.05) is 11.4 Å². The van der Waals surface area contributed by atoms with E-state index < -0.39 is 5.97 Å². The zero-order chi connectivity index (χ0) is 15.6. The lowest BCUT2D eigenvalue weighted by Crippen LogP contribution is -2.34. The number of anilines is 1. The van der Waals surface area contributed by atoms with Gasteiger partial charge in [-0.1, -0.05) is 33.6 Å². The summed E-state index contributed by atoms with van der Waals surface area (Å²) in [6, 6.07) is 3.92. The summed E-state index contributed by atoms with van der Waals surface area (Å²) in [5.41, 5.74) is 1.02. The molecule has 0 unspecified atom stereocenters. The minimum absolute atomic E-state index is 0.157. The van der Waals surface area contributed by atoms with Gasteiger partial charge in [-0.05, 0) is 31.9 Å². The molecule has 1 saturated carbocycles. The first-order valence-electron chi connectivity index (χ1n) is 7.85. The van der Waals surface area contributed by atoms with Crippen LogP contribution in [0, 0.1) is 0 Å². The van der Waals surface area contributed by atoms with Crippen LogP contribution in [0.2, 0.25) is 0 Å². The fourth-order valence-corrected chi connectivity index (χ4v) is 2.99. The summed E-state index contributed by atoms with van der Waals surface area (Å²) >= 11 is 0. The molecule has 1 aliphatic carbocycles. The molecular formula is C17H26N2O2. The van der Waals surface area contributed by atoms with E-state index in [1.54, 1.807) is 12.1 Å². The minimum atomic E-state index is -0.883. The number of aromatic nitrogens is 1. The van der Waals surface area contributed by atoms with Gasteiger partial charge in [0.2, 0.25) is 0 Å². The third-order valence-electron chi connectivity index (χ3n) is 4.23. The molecule has 1 aromatic rings. The first-order chi connectivity index (χ1) is 9.82. The molecule has 0 radical (unpaired) electrons. The monoisotopic (exact) mass is 290 g/mol. The second-order valence-electron chi connectivity index (χ2n) is 6.88. The Morgan fingerprint density at radius 3 is 2.43 bits per heavy atom. The molecule has 1 heterocycles. The molecule has 0 saturated heterocycles. The molecule has 1 aromatic heterocycles. The number of carboxylic acids is 1. The van der Waals surface area contributed by atoms with E-state index in [4.69, 9.17) is 4.98 Å². The van der Waals surface area contributed by atoms with Gasteiger partial charge in [0, 0.05) is 23.7 Å². The van der Waals surface area contributed by atoms with Crippen molar-refractivity contribution in [1.29, 1.82) is 0 Å². The average Bonchev–Trinajstić information content (AvgIpc) is 2.92. The Labute approximate surface area is 127 Å². The van der Waals surface area contributed by atoms with Gasteiger partial charge in [-0.25, -0.2) is 9.78 Å². The van der Waals surface area contributed by atoms with E-state index in [1.165, 1.54) is 25.7 Å². The van der Waals surface area contributed by atoms with E-state index >= 15 is 0 Å². The van der Waals surface area contributed by atoms with Gasteiger partial charge < -0.3 is 10.0 Å². The second kappa shape index (κ2) is 6.04. The van der Waals surface area contributed by atoms with Crippen molar-refractivity contribution >= 4 is 11.8 Å². The second-order valence-corrected chi connectivity index (χ2v) is 6.88. The van der Waals surface area contributed by atoms with Gasteiger partial charge in [0.25, 0.3) is 0 Å². The lowest BCUT2D eigenvalue weighted by Gasteiger charge is -2.30. The lowest BCUT2D eigenvalue weighted by atomic mass is 9.90. The van der Waals surface area contributed by atoms with Crippen LogP contribution in [-0.4, -0.2) is 28.6 Å². The van der Waals surface area contributed by atoms with Crippen LogP contribution in [0.3, 0.4) is 0 Å². The topological polar surface area (TPSA) is 53.4 Å². The number of pyridine rings is 1. The van der Waals surface area contributed by atoms with Crippen LogP contribution in [-0.2, 0) is 5.41 Å². The average molecular weight is 290 g/mol. The summed E-state index contributed by atoms with van der Waals surface area (Å²) in [6.07, 6.45) is 4.87. The molecule has 0 spiro atoms. The third-order valence-corrected chi connectivity index (χ3v) is 4.23. The Balaban J connectivity index is 2.45. The van der Waals surface area contributed by atoms with Crippen molar-refractivity contribution in [2.45, 2.75) is 64.8 Å². The highest BCUT2D eigenvalue weighted by molar-refractivity contribution is 5.88. The number of aromatic carboxylic acids is 1. The number of hydrogen-bond donors (Lipinski definition) is 1. The number of carbonyl (C=O) groups is 1. The molecule has 1 fully saturated rings. The zero-order valence-corrected chi connectivity index (χ0v) is 13.5. The van der Waals surface area contributed by atoms with E-state index in [2.05, 4.69) is 32.6 Å². The van der Waals surface area contributed by atoms with E-state index in [0.29, 0.717) is 11.6 Å². The molecule has 1 N–H and O–H groups in total. The van der Waals surface area contributed by atoms with E-state index in [0.717, 1.165) is 18.1 Å². The number of hydrogen-bond acceptors (Lipinski definition) is 3. The maximum Gasteiger partial charge on any atom is 0.335 e. The fourth-order valence-electron chi connectivity index (χ4n) is 2.99. The lowest BCUT2D eigenvalue weighted by molar-refractivity contribution is 0.0696. The number of rotatable bonds is 4. The van der Waals surface area contributed by atoms with Gasteiger partial charge >= 0.3 is 5.97 Å². The normalized spacial score (nSPS) is 16.2. The molecule has 21 heavy (non-hydrogen) atoms. The van der Waals surface area contributed by atoms with Crippen molar-refractivity contribution in [1.82, 2.24) is 4.98 Å². The maximum atomic E-state index is 11.4. The van der Waals surface area contributed by atoms with E-state index in [-0.39, 0.29) is 5.41 Å². The van der Waals surface area contributed by atoms with Crippen molar-refractivity contribution < 1.29 is 9.90 Å². The number of nitrogens with zero attached hydrogens (tertiary/aromatic N) is 2. The summed E-state index contributed by atoms with van der Waals surface area (Å²) in [5.74, 6) is -0.0687. The number of carboxylic acid groups (broad SMARTS) is 1. The van der Waals surface area contributed by atoms with Crippen LogP contribution in [0.5, 0.6) is 0 Å². The Morgan fingerprint density at radius 2 is 1.95 bits per heavy atom. The van der Waals surface area contributed by atoms with Crippen LogP contribution in [0.15, 0.2) is 12.1 Å². The summed E-state index contributed by atoms with van der Waals surface area (Å²) in [7, 11) is 0. The summed E-state index contributed by atoms with van der Waals surface area (Å²) in [6.45, 7) is 9.18. The highest BCUT2D eigenvalue weighted by Crippen LogP contribution is 2.30. The van der Waals surface area contributed by atoms with Gasteiger partial charge in [-0.2, -0.15) is 0 Å². The van der Waals surface area contributed by atoms with E-state index in [1.807, 2.05) is 0 Å². The van der Waals surface area contributed by atoms with Gasteiger partial charge in [-0.15, -0.1) is 0 Å². The standard InChI is InChI=1S/C17H26N2O2/c1-5-19(13-8-6-7-9-13)15-11-12(16(20)21)10-14(18-15)17(2,3)4/h10-11,13H,5-9H2,1-4H3,(H,20,21). The molecule has 116 valence electrons. The smallest absolute Gasteiger partial charge is 0.335 e. The van der Waals surface area contributed by atoms with Crippen LogP contribution >= 0.6 is 0 Å². The van der Waals surface area contributed by atoms with Crippen LogP contribution in [0.25, 0.3) is 0 Å². The quantitative estimate of drug-likeness (QED) is 0.915.